The maximum absolute atomic E-state index is 11.4. The first-order valence-corrected chi connectivity index (χ1v) is 6.02. The van der Waals surface area contributed by atoms with Crippen molar-refractivity contribution in [2.45, 2.75) is 6.92 Å². The van der Waals surface area contributed by atoms with Crippen LogP contribution in [0.15, 0.2) is 30.6 Å². The number of esters is 1. The molecule has 0 radical (unpaired) electrons. The molecule has 7 nitrogen and oxygen atoms in total. The fourth-order valence-corrected chi connectivity index (χ4v) is 1.71. The van der Waals surface area contributed by atoms with E-state index in [-0.39, 0.29) is 11.3 Å². The van der Waals surface area contributed by atoms with Crippen LogP contribution in [0.2, 0.25) is 0 Å². The number of aryl methyl sites for hydroxylation is 1. The lowest BCUT2D eigenvalue weighted by atomic mass is 10.1. The van der Waals surface area contributed by atoms with Crippen molar-refractivity contribution in [3.63, 3.8) is 0 Å². The van der Waals surface area contributed by atoms with E-state index in [9.17, 15) is 9.59 Å². The molecule has 1 aromatic carbocycles. The van der Waals surface area contributed by atoms with Crippen LogP contribution < -0.4 is 5.32 Å². The number of carbonyl (C=O) groups is 2. The van der Waals surface area contributed by atoms with Crippen molar-refractivity contribution in [3.8, 4) is 0 Å². The van der Waals surface area contributed by atoms with Crippen LogP contribution in [-0.2, 0) is 4.74 Å². The van der Waals surface area contributed by atoms with Crippen molar-refractivity contribution >= 4 is 23.4 Å². The SMILES string of the molecule is COC(=O)c1cncc(Nc2ccc(C)c(C(=O)O)c2)n1. The molecule has 0 saturated heterocycles. The van der Waals surface area contributed by atoms with Crippen molar-refractivity contribution in [2.75, 3.05) is 12.4 Å². The number of methoxy groups -OCH3 is 1. The molecule has 0 unspecified atom stereocenters. The molecule has 0 bridgehead atoms. The number of carbonyl (C=O) groups excluding carboxylic acids is 1. The molecule has 2 rings (SSSR count). The molecular weight excluding hydrogens is 274 g/mol. The molecule has 0 atom stereocenters. The van der Waals surface area contributed by atoms with Crippen molar-refractivity contribution in [3.05, 3.63) is 47.4 Å². The molecule has 0 saturated carbocycles. The molecule has 0 fully saturated rings. The average Bonchev–Trinajstić information content (AvgIpc) is 2.48. The highest BCUT2D eigenvalue weighted by atomic mass is 16.5. The van der Waals surface area contributed by atoms with E-state index in [1.807, 2.05) is 0 Å². The van der Waals surface area contributed by atoms with Crippen LogP contribution in [0, 0.1) is 6.92 Å². The summed E-state index contributed by atoms with van der Waals surface area (Å²) in [6, 6.07) is 4.89. The Labute approximate surface area is 120 Å². The third-order valence-corrected chi connectivity index (χ3v) is 2.77. The van der Waals surface area contributed by atoms with E-state index in [2.05, 4.69) is 20.0 Å². The second-order valence-electron chi connectivity index (χ2n) is 4.24. The van der Waals surface area contributed by atoms with Gasteiger partial charge < -0.3 is 15.2 Å². The maximum Gasteiger partial charge on any atom is 0.358 e. The predicted octanol–water partition coefficient (Wildman–Crippen LogP) is 2.01. The van der Waals surface area contributed by atoms with Gasteiger partial charge in [-0.2, -0.15) is 0 Å². The fourth-order valence-electron chi connectivity index (χ4n) is 1.71. The van der Waals surface area contributed by atoms with Gasteiger partial charge >= 0.3 is 11.9 Å². The second-order valence-corrected chi connectivity index (χ2v) is 4.24. The number of carboxylic acids is 1. The first-order chi connectivity index (χ1) is 10.0. The van der Waals surface area contributed by atoms with Crippen LogP contribution >= 0.6 is 0 Å². The molecule has 0 spiro atoms. The van der Waals surface area contributed by atoms with Gasteiger partial charge in [-0.25, -0.2) is 14.6 Å². The summed E-state index contributed by atoms with van der Waals surface area (Å²) in [4.78, 5) is 30.4. The highest BCUT2D eigenvalue weighted by molar-refractivity contribution is 5.91. The Morgan fingerprint density at radius 1 is 1.29 bits per heavy atom. The Bertz CT molecular complexity index is 700. The quantitative estimate of drug-likeness (QED) is 0.829. The van der Waals surface area contributed by atoms with Gasteiger partial charge in [0.05, 0.1) is 25.1 Å². The lowest BCUT2D eigenvalue weighted by Gasteiger charge is -2.08. The number of hydrogen-bond donors (Lipinski definition) is 2. The highest BCUT2D eigenvalue weighted by Crippen LogP contribution is 2.19. The van der Waals surface area contributed by atoms with E-state index in [1.54, 1.807) is 19.1 Å². The Morgan fingerprint density at radius 3 is 2.71 bits per heavy atom. The Hall–Kier alpha value is -2.96. The summed E-state index contributed by atoms with van der Waals surface area (Å²) in [5, 5.41) is 12.0. The summed E-state index contributed by atoms with van der Waals surface area (Å²) < 4.78 is 4.56. The standard InChI is InChI=1S/C14H13N3O4/c1-8-3-4-9(5-10(8)13(18)19)16-12-7-15-6-11(17-12)14(20)21-2/h3-7H,1-2H3,(H,16,17)(H,18,19). The van der Waals surface area contributed by atoms with Gasteiger partial charge in [-0.05, 0) is 24.6 Å². The van der Waals surface area contributed by atoms with Crippen molar-refractivity contribution < 1.29 is 19.4 Å². The number of aromatic nitrogens is 2. The number of nitrogens with one attached hydrogen (secondary N) is 1. The first-order valence-electron chi connectivity index (χ1n) is 6.02. The van der Waals surface area contributed by atoms with Gasteiger partial charge in [0.1, 0.15) is 5.82 Å². The first kappa shape index (κ1) is 14.4. The highest BCUT2D eigenvalue weighted by Gasteiger charge is 2.10. The number of rotatable bonds is 4. The molecule has 0 aliphatic carbocycles. The fraction of sp³-hybridized carbons (Fsp3) is 0.143. The minimum absolute atomic E-state index is 0.0630. The van der Waals surface area contributed by atoms with Crippen LogP contribution in [-0.4, -0.2) is 34.1 Å². The summed E-state index contributed by atoms with van der Waals surface area (Å²) >= 11 is 0. The average molecular weight is 287 g/mol. The molecule has 2 aromatic rings. The van der Waals surface area contributed by atoms with Crippen LogP contribution in [0.4, 0.5) is 11.5 Å². The largest absolute Gasteiger partial charge is 0.478 e. The van der Waals surface area contributed by atoms with Crippen LogP contribution in [0.25, 0.3) is 0 Å². The molecule has 21 heavy (non-hydrogen) atoms. The number of carboxylic acid groups (broad SMARTS) is 1. The zero-order valence-corrected chi connectivity index (χ0v) is 11.5. The molecule has 0 aliphatic heterocycles. The molecule has 0 amide bonds. The van der Waals surface area contributed by atoms with Crippen molar-refractivity contribution in [1.82, 2.24) is 9.97 Å². The van der Waals surface area contributed by atoms with E-state index in [0.717, 1.165) is 0 Å². The summed E-state index contributed by atoms with van der Waals surface area (Å²) in [7, 11) is 1.25. The van der Waals surface area contributed by atoms with Gasteiger partial charge in [-0.3, -0.25) is 4.98 Å². The Morgan fingerprint density at radius 2 is 2.05 bits per heavy atom. The van der Waals surface area contributed by atoms with Crippen LogP contribution in [0.3, 0.4) is 0 Å². The lowest BCUT2D eigenvalue weighted by molar-refractivity contribution is 0.0593. The molecular formula is C14H13N3O4. The van der Waals surface area contributed by atoms with Gasteiger partial charge in [0.25, 0.3) is 0 Å². The zero-order chi connectivity index (χ0) is 15.4. The number of ether oxygens (including phenoxy) is 1. The van der Waals surface area contributed by atoms with E-state index in [4.69, 9.17) is 5.11 Å². The maximum atomic E-state index is 11.4. The van der Waals surface area contributed by atoms with E-state index in [0.29, 0.717) is 17.1 Å². The minimum Gasteiger partial charge on any atom is -0.478 e. The topological polar surface area (TPSA) is 101 Å². The van der Waals surface area contributed by atoms with Crippen molar-refractivity contribution in [2.24, 2.45) is 0 Å². The summed E-state index contributed by atoms with van der Waals surface area (Å²) in [5.41, 5.74) is 1.45. The van der Waals surface area contributed by atoms with E-state index in [1.165, 1.54) is 25.6 Å². The molecule has 0 aliphatic rings. The van der Waals surface area contributed by atoms with Gasteiger partial charge in [0.15, 0.2) is 5.69 Å². The van der Waals surface area contributed by atoms with Gasteiger partial charge in [-0.15, -0.1) is 0 Å². The lowest BCUT2D eigenvalue weighted by Crippen LogP contribution is -2.07. The van der Waals surface area contributed by atoms with E-state index < -0.39 is 11.9 Å². The Balaban J connectivity index is 2.28. The minimum atomic E-state index is -1.01. The summed E-state index contributed by atoms with van der Waals surface area (Å²) in [6.45, 7) is 1.71. The zero-order valence-electron chi connectivity index (χ0n) is 11.5. The van der Waals surface area contributed by atoms with Crippen LogP contribution in [0.1, 0.15) is 26.4 Å². The normalized spacial score (nSPS) is 10.0. The smallest absolute Gasteiger partial charge is 0.358 e. The summed E-state index contributed by atoms with van der Waals surface area (Å²) in [6.07, 6.45) is 2.71. The Kier molecular flexibility index (Phi) is 4.13. The number of benzene rings is 1. The van der Waals surface area contributed by atoms with Gasteiger partial charge in [-0.1, -0.05) is 6.07 Å². The van der Waals surface area contributed by atoms with Gasteiger partial charge in [0.2, 0.25) is 0 Å². The number of anilines is 2. The molecule has 2 N–H and O–H groups in total. The number of aromatic carboxylic acids is 1. The molecule has 108 valence electrons. The summed E-state index contributed by atoms with van der Waals surface area (Å²) in [5.74, 6) is -1.29. The molecule has 1 aromatic heterocycles. The predicted molar refractivity (Wildman–Crippen MR) is 74.8 cm³/mol. The monoisotopic (exact) mass is 287 g/mol. The number of hydrogen-bond acceptors (Lipinski definition) is 6. The molecule has 1 heterocycles. The van der Waals surface area contributed by atoms with Crippen LogP contribution in [0.5, 0.6) is 0 Å². The molecule has 7 heteroatoms. The van der Waals surface area contributed by atoms with Crippen molar-refractivity contribution in [1.29, 1.82) is 0 Å². The van der Waals surface area contributed by atoms with E-state index >= 15 is 0 Å². The third kappa shape index (κ3) is 3.33. The van der Waals surface area contributed by atoms with Gasteiger partial charge in [0, 0.05) is 5.69 Å². The third-order valence-electron chi connectivity index (χ3n) is 2.77. The number of nitrogens with zero attached hydrogens (tertiary/aromatic N) is 2. The second kappa shape index (κ2) is 6.00.